The molecule has 0 bridgehead atoms. The third-order valence-electron chi connectivity index (χ3n) is 5.21. The normalized spacial score (nSPS) is 11.3. The Balaban J connectivity index is 2.95. The lowest BCUT2D eigenvalue weighted by atomic mass is 10.0. The van der Waals surface area contributed by atoms with Gasteiger partial charge < -0.3 is 10.1 Å². The Labute approximate surface area is 166 Å². The van der Waals surface area contributed by atoms with Gasteiger partial charge in [0.15, 0.2) is 0 Å². The van der Waals surface area contributed by atoms with Crippen molar-refractivity contribution in [3.63, 3.8) is 0 Å². The molecule has 0 fully saturated rings. The number of ether oxygens (including phenoxy) is 1. The summed E-state index contributed by atoms with van der Waals surface area (Å²) in [4.78, 5) is 0. The van der Waals surface area contributed by atoms with Gasteiger partial charge in [-0.1, -0.05) is 110 Å². The van der Waals surface area contributed by atoms with Crippen LogP contribution in [0.3, 0.4) is 0 Å². The molecular formula is C24H51NO. The standard InChI is InChI=1S/C24H51NO/c1-3-5-6-7-8-9-10-11-12-13-14-15-16-17-18-19-23-26-24-20-22-25-21-4-2/h25H,3-24H2,1-2H3. The van der Waals surface area contributed by atoms with E-state index in [-0.39, 0.29) is 0 Å². The summed E-state index contributed by atoms with van der Waals surface area (Å²) in [6.07, 6.45) is 25.3. The number of hydrogen-bond donors (Lipinski definition) is 1. The van der Waals surface area contributed by atoms with E-state index >= 15 is 0 Å². The van der Waals surface area contributed by atoms with Crippen molar-refractivity contribution < 1.29 is 4.74 Å². The predicted molar refractivity (Wildman–Crippen MR) is 118 cm³/mol. The zero-order valence-electron chi connectivity index (χ0n) is 18.5. The molecule has 0 amide bonds. The zero-order valence-corrected chi connectivity index (χ0v) is 18.5. The fourth-order valence-electron chi connectivity index (χ4n) is 3.46. The maximum absolute atomic E-state index is 5.69. The zero-order chi connectivity index (χ0) is 19.0. The number of rotatable bonds is 23. The van der Waals surface area contributed by atoms with Crippen LogP contribution in [0.4, 0.5) is 0 Å². The quantitative estimate of drug-likeness (QED) is 0.187. The Morgan fingerprint density at radius 1 is 0.423 bits per heavy atom. The highest BCUT2D eigenvalue weighted by molar-refractivity contribution is 4.50. The molecule has 2 nitrogen and oxygen atoms in total. The maximum atomic E-state index is 5.69. The SMILES string of the molecule is CCCCCCCCCCCCCCCCCCOCCCNCCC. The Bertz CT molecular complexity index is 208. The van der Waals surface area contributed by atoms with Crippen LogP contribution >= 0.6 is 0 Å². The van der Waals surface area contributed by atoms with E-state index < -0.39 is 0 Å². The van der Waals surface area contributed by atoms with Crippen LogP contribution in [0.2, 0.25) is 0 Å². The van der Waals surface area contributed by atoms with Crippen LogP contribution in [-0.2, 0) is 4.74 Å². The first-order valence-corrected chi connectivity index (χ1v) is 12.2. The average molecular weight is 370 g/mol. The van der Waals surface area contributed by atoms with Gasteiger partial charge in [0.25, 0.3) is 0 Å². The molecule has 0 aliphatic heterocycles. The first kappa shape index (κ1) is 25.9. The van der Waals surface area contributed by atoms with Crippen LogP contribution in [0, 0.1) is 0 Å². The molecule has 2 heteroatoms. The van der Waals surface area contributed by atoms with Gasteiger partial charge in [-0.05, 0) is 32.4 Å². The maximum Gasteiger partial charge on any atom is 0.0478 e. The third-order valence-corrected chi connectivity index (χ3v) is 5.21. The lowest BCUT2D eigenvalue weighted by Gasteiger charge is -2.05. The lowest BCUT2D eigenvalue weighted by Crippen LogP contribution is -2.17. The molecule has 0 atom stereocenters. The second kappa shape index (κ2) is 24.9. The van der Waals surface area contributed by atoms with E-state index in [0.717, 1.165) is 32.7 Å². The largest absolute Gasteiger partial charge is 0.381 e. The summed E-state index contributed by atoms with van der Waals surface area (Å²) in [5, 5.41) is 3.41. The number of unbranched alkanes of at least 4 members (excludes halogenated alkanes) is 15. The highest BCUT2D eigenvalue weighted by Gasteiger charge is 1.95. The van der Waals surface area contributed by atoms with Crippen molar-refractivity contribution in [3.05, 3.63) is 0 Å². The van der Waals surface area contributed by atoms with Gasteiger partial charge in [-0.25, -0.2) is 0 Å². The van der Waals surface area contributed by atoms with Crippen molar-refractivity contribution in [2.24, 2.45) is 0 Å². The van der Waals surface area contributed by atoms with E-state index in [9.17, 15) is 0 Å². The molecule has 0 aliphatic carbocycles. The van der Waals surface area contributed by atoms with Gasteiger partial charge in [0.2, 0.25) is 0 Å². The van der Waals surface area contributed by atoms with E-state index in [4.69, 9.17) is 4.74 Å². The summed E-state index contributed by atoms with van der Waals surface area (Å²) in [6, 6.07) is 0. The molecule has 0 aromatic rings. The molecule has 26 heavy (non-hydrogen) atoms. The van der Waals surface area contributed by atoms with Gasteiger partial charge in [-0.15, -0.1) is 0 Å². The van der Waals surface area contributed by atoms with Crippen molar-refractivity contribution in [3.8, 4) is 0 Å². The van der Waals surface area contributed by atoms with E-state index in [1.54, 1.807) is 0 Å². The monoisotopic (exact) mass is 369 g/mol. The molecule has 0 saturated carbocycles. The first-order valence-electron chi connectivity index (χ1n) is 12.2. The molecule has 0 unspecified atom stereocenters. The summed E-state index contributed by atoms with van der Waals surface area (Å²) >= 11 is 0. The summed E-state index contributed by atoms with van der Waals surface area (Å²) in [5.74, 6) is 0. The average Bonchev–Trinajstić information content (AvgIpc) is 2.66. The van der Waals surface area contributed by atoms with Gasteiger partial charge in [0, 0.05) is 13.2 Å². The van der Waals surface area contributed by atoms with Crippen molar-refractivity contribution in [2.45, 2.75) is 129 Å². The number of nitrogens with one attached hydrogen (secondary N) is 1. The molecule has 1 N–H and O–H groups in total. The summed E-state index contributed by atoms with van der Waals surface area (Å²) in [6.45, 7) is 8.64. The van der Waals surface area contributed by atoms with E-state index in [1.807, 2.05) is 0 Å². The molecule has 0 aromatic heterocycles. The summed E-state index contributed by atoms with van der Waals surface area (Å²) in [5.41, 5.74) is 0. The summed E-state index contributed by atoms with van der Waals surface area (Å²) in [7, 11) is 0. The van der Waals surface area contributed by atoms with Crippen molar-refractivity contribution in [1.29, 1.82) is 0 Å². The lowest BCUT2D eigenvalue weighted by molar-refractivity contribution is 0.127. The molecule has 0 aromatic carbocycles. The third kappa shape index (κ3) is 23.9. The topological polar surface area (TPSA) is 21.3 Å². The van der Waals surface area contributed by atoms with Crippen LogP contribution in [-0.4, -0.2) is 26.3 Å². The molecule has 0 rings (SSSR count). The van der Waals surface area contributed by atoms with Crippen LogP contribution in [0.25, 0.3) is 0 Å². The molecule has 0 saturated heterocycles. The van der Waals surface area contributed by atoms with Crippen molar-refractivity contribution in [1.82, 2.24) is 5.32 Å². The van der Waals surface area contributed by atoms with Gasteiger partial charge in [0.1, 0.15) is 0 Å². The van der Waals surface area contributed by atoms with E-state index in [0.29, 0.717) is 0 Å². The Kier molecular flexibility index (Phi) is 24.8. The van der Waals surface area contributed by atoms with Crippen LogP contribution in [0.5, 0.6) is 0 Å². The van der Waals surface area contributed by atoms with Crippen LogP contribution in [0.1, 0.15) is 129 Å². The number of hydrogen-bond acceptors (Lipinski definition) is 2. The second-order valence-electron chi connectivity index (χ2n) is 8.02. The van der Waals surface area contributed by atoms with Gasteiger partial charge in [0.05, 0.1) is 0 Å². The van der Waals surface area contributed by atoms with Crippen LogP contribution < -0.4 is 5.32 Å². The summed E-state index contributed by atoms with van der Waals surface area (Å²) < 4.78 is 5.69. The highest BCUT2D eigenvalue weighted by Crippen LogP contribution is 2.13. The molecule has 0 heterocycles. The minimum Gasteiger partial charge on any atom is -0.381 e. The van der Waals surface area contributed by atoms with Gasteiger partial charge in [-0.2, -0.15) is 0 Å². The first-order chi connectivity index (χ1) is 12.9. The smallest absolute Gasteiger partial charge is 0.0478 e. The Morgan fingerprint density at radius 3 is 1.31 bits per heavy atom. The van der Waals surface area contributed by atoms with Crippen LogP contribution in [0.15, 0.2) is 0 Å². The van der Waals surface area contributed by atoms with Gasteiger partial charge in [-0.3, -0.25) is 0 Å². The Hall–Kier alpha value is -0.0800. The molecule has 0 aliphatic rings. The van der Waals surface area contributed by atoms with Crippen molar-refractivity contribution in [2.75, 3.05) is 26.3 Å². The highest BCUT2D eigenvalue weighted by atomic mass is 16.5. The minimum absolute atomic E-state index is 0.926. The van der Waals surface area contributed by atoms with E-state index in [2.05, 4.69) is 19.2 Å². The molecule has 158 valence electrons. The fourth-order valence-corrected chi connectivity index (χ4v) is 3.46. The van der Waals surface area contributed by atoms with Crippen molar-refractivity contribution >= 4 is 0 Å². The fraction of sp³-hybridized carbons (Fsp3) is 1.00. The predicted octanol–water partition coefficient (Wildman–Crippen LogP) is 7.65. The second-order valence-corrected chi connectivity index (χ2v) is 8.02. The molecule has 0 radical (unpaired) electrons. The molecular weight excluding hydrogens is 318 g/mol. The minimum atomic E-state index is 0.926. The van der Waals surface area contributed by atoms with Gasteiger partial charge >= 0.3 is 0 Å². The molecule has 0 spiro atoms. The van der Waals surface area contributed by atoms with E-state index in [1.165, 1.54) is 109 Å². The Morgan fingerprint density at radius 2 is 0.846 bits per heavy atom.